The van der Waals surface area contributed by atoms with Crippen LogP contribution in [0.1, 0.15) is 18.3 Å². The molecule has 0 bridgehead atoms. The molecule has 1 aromatic heterocycles. The van der Waals surface area contributed by atoms with Gasteiger partial charge in [0.1, 0.15) is 23.9 Å². The Kier molecular flexibility index (Phi) is 6.31. The molecule has 0 radical (unpaired) electrons. The molecule has 0 saturated heterocycles. The van der Waals surface area contributed by atoms with Crippen LogP contribution in [0, 0.1) is 0 Å². The molecule has 0 saturated carbocycles. The molecule has 0 aliphatic heterocycles. The van der Waals surface area contributed by atoms with Crippen LogP contribution in [0.15, 0.2) is 60.8 Å². The molecule has 2 aromatic carbocycles. The number of halogens is 3. The largest absolute Gasteiger partial charge is 0.457 e. The van der Waals surface area contributed by atoms with Crippen LogP contribution in [0.2, 0.25) is 0 Å². The van der Waals surface area contributed by atoms with Crippen molar-refractivity contribution in [3.63, 3.8) is 0 Å². The van der Waals surface area contributed by atoms with E-state index in [1.54, 1.807) is 30.3 Å². The summed E-state index contributed by atoms with van der Waals surface area (Å²) in [5, 5.41) is 0. The van der Waals surface area contributed by atoms with Gasteiger partial charge in [-0.15, -0.1) is 0 Å². The highest BCUT2D eigenvalue weighted by Gasteiger charge is 2.30. The predicted molar refractivity (Wildman–Crippen MR) is 104 cm³/mol. The minimum Gasteiger partial charge on any atom is -0.457 e. The lowest BCUT2D eigenvalue weighted by atomic mass is 10.2. The maximum atomic E-state index is 12.7. The second kappa shape index (κ2) is 8.91. The van der Waals surface area contributed by atoms with E-state index >= 15 is 0 Å². The molecule has 0 unspecified atom stereocenters. The molecule has 30 heavy (non-hydrogen) atoms. The van der Waals surface area contributed by atoms with Gasteiger partial charge in [-0.2, -0.15) is 13.2 Å². The summed E-state index contributed by atoms with van der Waals surface area (Å²) in [6.07, 6.45) is -2.87. The average molecular weight is 417 g/mol. The summed E-state index contributed by atoms with van der Waals surface area (Å²) < 4.78 is 48.6. The number of amides is 1. The Morgan fingerprint density at radius 1 is 1.00 bits per heavy atom. The Morgan fingerprint density at radius 2 is 1.60 bits per heavy atom. The smallest absolute Gasteiger partial charge is 0.416 e. The third kappa shape index (κ3) is 5.12. The molecule has 6 nitrogen and oxygen atoms in total. The fourth-order valence-corrected chi connectivity index (χ4v) is 2.70. The molecular formula is C21H18F3N3O3. The van der Waals surface area contributed by atoms with Crippen LogP contribution in [-0.2, 0) is 22.3 Å². The van der Waals surface area contributed by atoms with Crippen LogP contribution in [-0.4, -0.2) is 23.0 Å². The topological polar surface area (TPSA) is 64.5 Å². The maximum Gasteiger partial charge on any atom is 0.416 e. The number of alkyl halides is 3. The zero-order chi connectivity index (χ0) is 21.7. The lowest BCUT2D eigenvalue weighted by Gasteiger charge is -2.20. The molecule has 0 aliphatic rings. The lowest BCUT2D eigenvalue weighted by Crippen LogP contribution is -2.24. The van der Waals surface area contributed by atoms with E-state index in [9.17, 15) is 18.0 Å². The highest BCUT2D eigenvalue weighted by molar-refractivity contribution is 5.98. The van der Waals surface area contributed by atoms with Crippen LogP contribution in [0.4, 0.5) is 24.7 Å². The number of methoxy groups -OCH3 is 1. The molecule has 1 amide bonds. The second-order valence-corrected chi connectivity index (χ2v) is 6.24. The first kappa shape index (κ1) is 21.3. The Labute approximate surface area is 170 Å². The summed E-state index contributed by atoms with van der Waals surface area (Å²) in [6, 6.07) is 12.5. The predicted octanol–water partition coefficient (Wildman–Crippen LogP) is 5.12. The zero-order valence-corrected chi connectivity index (χ0v) is 16.2. The molecule has 0 spiro atoms. The molecule has 0 N–H and O–H groups in total. The van der Waals surface area contributed by atoms with Crippen LogP contribution >= 0.6 is 0 Å². The number of aromatic nitrogens is 2. The van der Waals surface area contributed by atoms with Crippen molar-refractivity contribution >= 4 is 17.4 Å². The van der Waals surface area contributed by atoms with Gasteiger partial charge in [-0.1, -0.05) is 0 Å². The van der Waals surface area contributed by atoms with Crippen molar-refractivity contribution < 1.29 is 27.4 Å². The van der Waals surface area contributed by atoms with Crippen LogP contribution < -0.4 is 9.64 Å². The zero-order valence-electron chi connectivity index (χ0n) is 16.2. The third-order valence-electron chi connectivity index (χ3n) is 4.02. The highest BCUT2D eigenvalue weighted by atomic mass is 19.4. The summed E-state index contributed by atoms with van der Waals surface area (Å²) in [5.74, 6) is 1.24. The fourth-order valence-electron chi connectivity index (χ4n) is 2.70. The van der Waals surface area contributed by atoms with E-state index in [2.05, 4.69) is 9.97 Å². The van der Waals surface area contributed by atoms with Gasteiger partial charge in [-0.25, -0.2) is 9.97 Å². The van der Waals surface area contributed by atoms with Crippen molar-refractivity contribution in [3.8, 4) is 11.5 Å². The van der Waals surface area contributed by atoms with Crippen LogP contribution in [0.25, 0.3) is 0 Å². The van der Waals surface area contributed by atoms with Gasteiger partial charge < -0.3 is 9.47 Å². The Bertz CT molecular complexity index is 1010. The van der Waals surface area contributed by atoms with Crippen molar-refractivity contribution in [2.75, 3.05) is 12.0 Å². The van der Waals surface area contributed by atoms with E-state index in [0.717, 1.165) is 12.1 Å². The quantitative estimate of drug-likeness (QED) is 0.557. The fraction of sp³-hybridized carbons (Fsp3) is 0.190. The molecule has 1 heterocycles. The molecule has 0 atom stereocenters. The lowest BCUT2D eigenvalue weighted by molar-refractivity contribution is -0.137. The number of ether oxygens (including phenoxy) is 2. The molecule has 3 rings (SSSR count). The first-order valence-corrected chi connectivity index (χ1v) is 8.84. The molecule has 9 heteroatoms. The monoisotopic (exact) mass is 417 g/mol. The molecule has 3 aromatic rings. The van der Waals surface area contributed by atoms with Crippen LogP contribution in [0.5, 0.6) is 11.5 Å². The second-order valence-electron chi connectivity index (χ2n) is 6.24. The van der Waals surface area contributed by atoms with Gasteiger partial charge >= 0.3 is 6.18 Å². The van der Waals surface area contributed by atoms with Crippen molar-refractivity contribution in [1.82, 2.24) is 9.97 Å². The normalized spacial score (nSPS) is 11.2. The summed E-state index contributed by atoms with van der Waals surface area (Å²) in [6.45, 7) is 1.62. The first-order valence-electron chi connectivity index (χ1n) is 8.84. The van der Waals surface area contributed by atoms with Gasteiger partial charge in [-0.3, -0.25) is 9.69 Å². The number of nitrogens with zero attached hydrogens (tertiary/aromatic N) is 3. The summed E-state index contributed by atoms with van der Waals surface area (Å²) in [5.41, 5.74) is -0.204. The standard InChI is InChI=1S/C21H18F3N3O3/c1-14(28)27(20-11-12-25-19(26-20)13-29-2)16-5-9-18(10-6-16)30-17-7-3-15(4-8-17)21(22,23)24/h3-12H,13H2,1-2H3. The number of anilines is 2. The Balaban J connectivity index is 1.79. The van der Waals surface area contributed by atoms with Gasteiger partial charge in [0.05, 0.1) is 11.3 Å². The number of carbonyl (C=O) groups excluding carboxylic acids is 1. The molecule has 0 aliphatic carbocycles. The van der Waals surface area contributed by atoms with E-state index in [-0.39, 0.29) is 18.3 Å². The maximum absolute atomic E-state index is 12.7. The van der Waals surface area contributed by atoms with E-state index < -0.39 is 11.7 Å². The Morgan fingerprint density at radius 3 is 2.13 bits per heavy atom. The van der Waals surface area contributed by atoms with Gasteiger partial charge in [-0.05, 0) is 54.6 Å². The number of hydrogen-bond acceptors (Lipinski definition) is 5. The van der Waals surface area contributed by atoms with E-state index in [4.69, 9.17) is 9.47 Å². The number of hydrogen-bond donors (Lipinski definition) is 0. The number of rotatable bonds is 6. The molecule has 0 fully saturated rings. The summed E-state index contributed by atoms with van der Waals surface area (Å²) in [4.78, 5) is 22.0. The van der Waals surface area contributed by atoms with Crippen molar-refractivity contribution in [1.29, 1.82) is 0 Å². The SMILES string of the molecule is COCc1nccc(N(C(C)=O)c2ccc(Oc3ccc(C(F)(F)F)cc3)cc2)n1. The van der Waals surface area contributed by atoms with E-state index in [1.807, 2.05) is 0 Å². The van der Waals surface area contributed by atoms with E-state index in [1.165, 1.54) is 37.3 Å². The molecular weight excluding hydrogens is 399 g/mol. The van der Waals surface area contributed by atoms with Crippen LogP contribution in [0.3, 0.4) is 0 Å². The Hall–Kier alpha value is -3.46. The van der Waals surface area contributed by atoms with Gasteiger partial charge in [0.15, 0.2) is 5.82 Å². The first-order chi connectivity index (χ1) is 14.3. The minimum atomic E-state index is -4.40. The summed E-state index contributed by atoms with van der Waals surface area (Å²) >= 11 is 0. The average Bonchev–Trinajstić information content (AvgIpc) is 2.70. The van der Waals surface area contributed by atoms with Gasteiger partial charge in [0.25, 0.3) is 0 Å². The van der Waals surface area contributed by atoms with Crippen molar-refractivity contribution in [3.05, 3.63) is 72.2 Å². The van der Waals surface area contributed by atoms with Crippen molar-refractivity contribution in [2.45, 2.75) is 19.7 Å². The summed E-state index contributed by atoms with van der Waals surface area (Å²) in [7, 11) is 1.52. The molecule has 156 valence electrons. The highest BCUT2D eigenvalue weighted by Crippen LogP contribution is 2.32. The van der Waals surface area contributed by atoms with E-state index in [0.29, 0.717) is 23.1 Å². The van der Waals surface area contributed by atoms with Crippen molar-refractivity contribution in [2.24, 2.45) is 0 Å². The number of benzene rings is 2. The van der Waals surface area contributed by atoms with Gasteiger partial charge in [0, 0.05) is 20.2 Å². The third-order valence-corrected chi connectivity index (χ3v) is 4.02. The van der Waals surface area contributed by atoms with Gasteiger partial charge in [0.2, 0.25) is 5.91 Å². The number of carbonyl (C=O) groups is 1. The minimum absolute atomic E-state index is 0.208.